The second kappa shape index (κ2) is 9.41. The van der Waals surface area contributed by atoms with Crippen molar-refractivity contribution in [3.63, 3.8) is 0 Å². The number of H-pyrrole nitrogens is 1. The minimum absolute atomic E-state index is 0.0341. The molecule has 188 valence electrons. The van der Waals surface area contributed by atoms with Gasteiger partial charge in [-0.05, 0) is 42.8 Å². The van der Waals surface area contributed by atoms with E-state index in [4.69, 9.17) is 39.5 Å². The predicted octanol–water partition coefficient (Wildman–Crippen LogP) is 5.10. The number of fused-ring (bicyclic) bond motifs is 1. The highest BCUT2D eigenvalue weighted by Gasteiger charge is 2.40. The van der Waals surface area contributed by atoms with Crippen molar-refractivity contribution >= 4 is 83.1 Å². The van der Waals surface area contributed by atoms with Crippen LogP contribution in [0.2, 0.25) is 0 Å². The molecule has 1 saturated heterocycles. The van der Waals surface area contributed by atoms with Crippen LogP contribution < -0.4 is 9.38 Å². The van der Waals surface area contributed by atoms with Gasteiger partial charge >= 0.3 is 0 Å². The van der Waals surface area contributed by atoms with Gasteiger partial charge in [0.05, 0.1) is 25.1 Å². The smallest absolute Gasteiger partial charge is 0.275 e. The Labute approximate surface area is 225 Å². The van der Waals surface area contributed by atoms with E-state index in [1.807, 2.05) is 12.1 Å². The Morgan fingerprint density at radius 2 is 1.83 bits per heavy atom. The number of aromatic nitrogens is 1. The number of halogens is 4. The number of benzene rings is 2. The van der Waals surface area contributed by atoms with Gasteiger partial charge in [0.25, 0.3) is 9.70 Å². The van der Waals surface area contributed by atoms with Gasteiger partial charge in [-0.3, -0.25) is 4.79 Å². The van der Waals surface area contributed by atoms with Crippen LogP contribution in [0, 0.1) is 12.1 Å². The number of hydrogen-bond acceptors (Lipinski definition) is 5. The van der Waals surface area contributed by atoms with E-state index in [-0.39, 0.29) is 47.5 Å². The van der Waals surface area contributed by atoms with Gasteiger partial charge in [-0.15, -0.1) is 0 Å². The molecule has 1 fully saturated rings. The average molecular weight is 626 g/mol. The number of carbonyl (C=O) groups excluding carboxylic acids is 1. The maximum Gasteiger partial charge on any atom is 0.275 e. The van der Waals surface area contributed by atoms with Crippen LogP contribution in [-0.2, 0) is 14.6 Å². The van der Waals surface area contributed by atoms with Crippen molar-refractivity contribution in [2.75, 3.05) is 33.3 Å². The van der Waals surface area contributed by atoms with Crippen LogP contribution in [0.3, 0.4) is 0 Å². The van der Waals surface area contributed by atoms with E-state index in [1.54, 1.807) is 13.0 Å². The summed E-state index contributed by atoms with van der Waals surface area (Å²) < 4.78 is 30.4. The topological polar surface area (TPSA) is 103 Å². The number of nitrogens with one attached hydrogen (secondary N) is 1. The molecule has 1 aliphatic heterocycles. The molecule has 13 heteroatoms. The van der Waals surface area contributed by atoms with Gasteiger partial charge in [0, 0.05) is 21.4 Å². The number of ether oxygens (including phenoxy) is 1. The molecule has 1 N–H and O–H groups in total. The molecule has 1 aliphatic rings. The first-order valence-electron chi connectivity index (χ1n) is 10.4. The molecule has 3 aromatic rings. The summed E-state index contributed by atoms with van der Waals surface area (Å²) in [6.07, 6.45) is 0. The van der Waals surface area contributed by atoms with E-state index in [2.05, 4.69) is 20.9 Å². The summed E-state index contributed by atoms with van der Waals surface area (Å²) in [6, 6.07) is 9.67. The molecule has 0 saturated carbocycles. The van der Waals surface area contributed by atoms with E-state index < -0.39 is 24.2 Å². The molecule has 0 unspecified atom stereocenters. The van der Waals surface area contributed by atoms with Crippen LogP contribution in [0.4, 0.5) is 5.69 Å². The number of piperazine rings is 1. The summed E-state index contributed by atoms with van der Waals surface area (Å²) in [5.41, 5.74) is 1.40. The van der Waals surface area contributed by atoms with Crippen molar-refractivity contribution < 1.29 is 17.9 Å². The third kappa shape index (κ3) is 4.90. The molecule has 2 heterocycles. The van der Waals surface area contributed by atoms with Gasteiger partial charge < -0.3 is 24.5 Å². The van der Waals surface area contributed by atoms with Crippen molar-refractivity contribution in [2.24, 2.45) is 0 Å². The standard InChI is InChI=1S/C22H21BrCl3N3O5S/c1-13-16-11-14(23)3-5-17(16)27-20(13)35(32,33)15-4-6-19(34-2)18(12-15)29(31)9-7-28(8-10-29)21(30)22(24,25)26/h3-6,11-12,27H,7-10H2,1-2H3. The zero-order chi connectivity index (χ0) is 25.8. The molecule has 35 heavy (non-hydrogen) atoms. The van der Waals surface area contributed by atoms with Crippen molar-refractivity contribution in [1.82, 2.24) is 14.5 Å². The van der Waals surface area contributed by atoms with E-state index >= 15 is 0 Å². The minimum Gasteiger partial charge on any atom is -0.627 e. The van der Waals surface area contributed by atoms with Crippen molar-refractivity contribution in [1.29, 1.82) is 0 Å². The Morgan fingerprint density at radius 1 is 1.17 bits per heavy atom. The number of hydroxylamine groups is 2. The van der Waals surface area contributed by atoms with Crippen molar-refractivity contribution in [2.45, 2.75) is 20.6 Å². The van der Waals surface area contributed by atoms with E-state index in [0.29, 0.717) is 11.1 Å². The van der Waals surface area contributed by atoms with Gasteiger partial charge in [-0.25, -0.2) is 8.42 Å². The quantitative estimate of drug-likeness (QED) is 0.247. The molecule has 0 aliphatic carbocycles. The Morgan fingerprint density at radius 3 is 2.43 bits per heavy atom. The Balaban J connectivity index is 1.72. The lowest BCUT2D eigenvalue weighted by molar-refractivity contribution is -0.131. The number of methoxy groups -OCH3 is 1. The molecule has 0 radical (unpaired) electrons. The van der Waals surface area contributed by atoms with Crippen LogP contribution in [0.5, 0.6) is 5.75 Å². The van der Waals surface area contributed by atoms with Gasteiger partial charge in [0.1, 0.15) is 18.1 Å². The number of alkyl halides is 3. The highest BCUT2D eigenvalue weighted by atomic mass is 79.9. The fourth-order valence-corrected chi connectivity index (χ4v) is 6.45. The van der Waals surface area contributed by atoms with Crippen LogP contribution in [0.15, 0.2) is 50.8 Å². The number of nitrogens with zero attached hydrogens (tertiary/aromatic N) is 2. The fourth-order valence-electron chi connectivity index (χ4n) is 4.23. The van der Waals surface area contributed by atoms with E-state index in [9.17, 15) is 18.4 Å². The molecular weight excluding hydrogens is 605 g/mol. The van der Waals surface area contributed by atoms with Crippen LogP contribution >= 0.6 is 50.7 Å². The number of quaternary nitrogens is 1. The molecule has 0 bridgehead atoms. The summed E-state index contributed by atoms with van der Waals surface area (Å²) in [4.78, 5) is 16.5. The number of sulfone groups is 1. The van der Waals surface area contributed by atoms with Crippen LogP contribution in [-0.4, -0.2) is 61.3 Å². The molecule has 1 aromatic heterocycles. The number of hydrogen-bond donors (Lipinski definition) is 1. The summed E-state index contributed by atoms with van der Waals surface area (Å²) in [7, 11) is -2.59. The SMILES string of the molecule is COc1ccc(S(=O)(=O)c2[nH]c3ccc(Br)cc3c2C)cc1[N+]1([O-])CCN(C(=O)C(Cl)(Cl)Cl)CC1. The number of carbonyl (C=O) groups is 1. The van der Waals surface area contributed by atoms with E-state index in [0.717, 1.165) is 9.86 Å². The number of aryl methyl sites for hydroxylation is 1. The van der Waals surface area contributed by atoms with Gasteiger partial charge in [0.15, 0.2) is 11.4 Å². The third-order valence-corrected chi connectivity index (χ3v) is 8.93. The average Bonchev–Trinajstić information content (AvgIpc) is 3.14. The second-order valence-electron chi connectivity index (χ2n) is 8.23. The predicted molar refractivity (Wildman–Crippen MR) is 141 cm³/mol. The van der Waals surface area contributed by atoms with Crippen molar-refractivity contribution in [3.05, 3.63) is 51.6 Å². The molecule has 0 spiro atoms. The van der Waals surface area contributed by atoms with Gasteiger partial charge in [0.2, 0.25) is 9.84 Å². The maximum absolute atomic E-state index is 13.8. The van der Waals surface area contributed by atoms with Gasteiger partial charge in [-0.1, -0.05) is 50.7 Å². The second-order valence-corrected chi connectivity index (χ2v) is 13.3. The van der Waals surface area contributed by atoms with Gasteiger partial charge in [-0.2, -0.15) is 0 Å². The lowest BCUT2D eigenvalue weighted by Gasteiger charge is -2.48. The normalized spacial score (nSPS) is 16.5. The Kier molecular flexibility index (Phi) is 7.13. The Bertz CT molecular complexity index is 1410. The number of rotatable bonds is 4. The largest absolute Gasteiger partial charge is 0.627 e. The monoisotopic (exact) mass is 623 g/mol. The zero-order valence-corrected chi connectivity index (χ0v) is 23.3. The highest BCUT2D eigenvalue weighted by molar-refractivity contribution is 9.10. The van der Waals surface area contributed by atoms with Crippen molar-refractivity contribution in [3.8, 4) is 5.75 Å². The molecule has 4 rings (SSSR count). The molecule has 2 aromatic carbocycles. The molecule has 1 amide bonds. The fraction of sp³-hybridized carbons (Fsp3) is 0.318. The summed E-state index contributed by atoms with van der Waals surface area (Å²) in [5, 5.41) is 14.6. The van der Waals surface area contributed by atoms with E-state index in [1.165, 1.54) is 30.2 Å². The lowest BCUT2D eigenvalue weighted by atomic mass is 10.2. The summed E-state index contributed by atoms with van der Waals surface area (Å²) in [5.74, 6) is -0.463. The Hall–Kier alpha value is -1.53. The summed E-state index contributed by atoms with van der Waals surface area (Å²) >= 11 is 20.5. The summed E-state index contributed by atoms with van der Waals surface area (Å²) in [6.45, 7) is 1.67. The first-order chi connectivity index (χ1) is 16.3. The highest BCUT2D eigenvalue weighted by Crippen LogP contribution is 2.39. The maximum atomic E-state index is 13.8. The van der Waals surface area contributed by atoms with Crippen LogP contribution in [0.25, 0.3) is 10.9 Å². The molecule has 0 atom stereocenters. The minimum atomic E-state index is -3.99. The molecule has 8 nitrogen and oxygen atoms in total. The third-order valence-electron chi connectivity index (χ3n) is 6.13. The molecular formula is C22H21BrCl3N3O5S. The van der Waals surface area contributed by atoms with Crippen LogP contribution in [0.1, 0.15) is 5.56 Å². The lowest BCUT2D eigenvalue weighted by Crippen LogP contribution is -2.59. The first kappa shape index (κ1) is 26.5. The zero-order valence-electron chi connectivity index (χ0n) is 18.6. The number of amides is 1. The first-order valence-corrected chi connectivity index (χ1v) is 13.8. The number of aromatic amines is 1.